The predicted octanol–water partition coefficient (Wildman–Crippen LogP) is 2.10. The first-order valence-corrected chi connectivity index (χ1v) is 4.62. The number of benzene rings is 1. The number of carbonyl (C=O) groups is 1. The molecular formula is C11H11FO2. The fourth-order valence-electron chi connectivity index (χ4n) is 1.86. The van der Waals surface area contributed by atoms with Crippen molar-refractivity contribution in [2.75, 3.05) is 7.11 Å². The van der Waals surface area contributed by atoms with Crippen molar-refractivity contribution in [3.8, 4) is 0 Å². The van der Waals surface area contributed by atoms with Crippen LogP contribution < -0.4 is 0 Å². The molecule has 1 aliphatic rings. The summed E-state index contributed by atoms with van der Waals surface area (Å²) in [4.78, 5) is 11.2. The Balaban J connectivity index is 2.47. The van der Waals surface area contributed by atoms with Crippen molar-refractivity contribution in [1.82, 2.24) is 0 Å². The molecule has 1 aliphatic carbocycles. The van der Waals surface area contributed by atoms with Crippen molar-refractivity contribution in [2.45, 2.75) is 19.3 Å². The number of aryl methyl sites for hydroxylation is 2. The molecule has 1 aromatic carbocycles. The Morgan fingerprint density at radius 3 is 2.64 bits per heavy atom. The van der Waals surface area contributed by atoms with E-state index in [1.165, 1.54) is 13.2 Å². The van der Waals surface area contributed by atoms with Crippen LogP contribution in [0.1, 0.15) is 27.9 Å². The van der Waals surface area contributed by atoms with Gasteiger partial charge in [0.2, 0.25) is 0 Å². The van der Waals surface area contributed by atoms with Crippen molar-refractivity contribution in [3.63, 3.8) is 0 Å². The van der Waals surface area contributed by atoms with Crippen LogP contribution >= 0.6 is 0 Å². The van der Waals surface area contributed by atoms with E-state index in [-0.39, 0.29) is 5.56 Å². The van der Waals surface area contributed by atoms with E-state index in [0.717, 1.165) is 30.4 Å². The number of ether oxygens (including phenoxy) is 1. The second-order valence-electron chi connectivity index (χ2n) is 3.45. The summed E-state index contributed by atoms with van der Waals surface area (Å²) in [7, 11) is 1.26. The van der Waals surface area contributed by atoms with Crippen LogP contribution in [0, 0.1) is 5.82 Å². The van der Waals surface area contributed by atoms with Gasteiger partial charge in [0.1, 0.15) is 5.82 Å². The minimum Gasteiger partial charge on any atom is -0.465 e. The van der Waals surface area contributed by atoms with Crippen LogP contribution in [-0.4, -0.2) is 13.1 Å². The molecule has 1 aromatic rings. The highest BCUT2D eigenvalue weighted by Gasteiger charge is 2.18. The normalized spacial score (nSPS) is 13.9. The third kappa shape index (κ3) is 1.39. The molecule has 14 heavy (non-hydrogen) atoms. The smallest absolute Gasteiger partial charge is 0.340 e. The lowest BCUT2D eigenvalue weighted by Crippen LogP contribution is -2.05. The average Bonchev–Trinajstić information content (AvgIpc) is 2.62. The Kier molecular flexibility index (Phi) is 2.23. The van der Waals surface area contributed by atoms with Crippen LogP contribution in [0.15, 0.2) is 12.1 Å². The van der Waals surface area contributed by atoms with Gasteiger partial charge in [-0.05, 0) is 42.5 Å². The highest BCUT2D eigenvalue weighted by atomic mass is 19.1. The lowest BCUT2D eigenvalue weighted by atomic mass is 10.1. The van der Waals surface area contributed by atoms with Crippen LogP contribution in [0.2, 0.25) is 0 Å². The van der Waals surface area contributed by atoms with E-state index >= 15 is 0 Å². The molecule has 0 heterocycles. The third-order valence-corrected chi connectivity index (χ3v) is 2.59. The fraction of sp³-hybridized carbons (Fsp3) is 0.364. The molecule has 0 saturated carbocycles. The first-order chi connectivity index (χ1) is 6.72. The number of carbonyl (C=O) groups excluding carboxylic acids is 1. The minimum atomic E-state index is -0.600. The van der Waals surface area contributed by atoms with Gasteiger partial charge in [0.05, 0.1) is 12.7 Å². The van der Waals surface area contributed by atoms with Crippen molar-refractivity contribution in [2.24, 2.45) is 0 Å². The summed E-state index contributed by atoms with van der Waals surface area (Å²) < 4.78 is 17.9. The lowest BCUT2D eigenvalue weighted by Gasteiger charge is -2.04. The van der Waals surface area contributed by atoms with Crippen LogP contribution in [0.3, 0.4) is 0 Å². The predicted molar refractivity (Wildman–Crippen MR) is 49.8 cm³/mol. The molecule has 2 rings (SSSR count). The number of hydrogen-bond acceptors (Lipinski definition) is 2. The summed E-state index contributed by atoms with van der Waals surface area (Å²) in [5.41, 5.74) is 2.15. The number of esters is 1. The van der Waals surface area contributed by atoms with Crippen molar-refractivity contribution in [1.29, 1.82) is 0 Å². The molecule has 0 N–H and O–H groups in total. The van der Waals surface area contributed by atoms with E-state index in [9.17, 15) is 9.18 Å². The second-order valence-corrected chi connectivity index (χ2v) is 3.45. The van der Waals surface area contributed by atoms with Gasteiger partial charge in [-0.1, -0.05) is 0 Å². The Morgan fingerprint density at radius 1 is 1.36 bits per heavy atom. The maximum atomic E-state index is 13.4. The molecule has 3 heteroatoms. The highest BCUT2D eigenvalue weighted by molar-refractivity contribution is 5.90. The Hall–Kier alpha value is -1.38. The molecule has 0 unspecified atom stereocenters. The van der Waals surface area contributed by atoms with E-state index < -0.39 is 11.8 Å². The highest BCUT2D eigenvalue weighted by Crippen LogP contribution is 2.25. The van der Waals surface area contributed by atoms with E-state index in [1.807, 2.05) is 0 Å². The maximum Gasteiger partial charge on any atom is 0.340 e. The zero-order valence-electron chi connectivity index (χ0n) is 7.97. The van der Waals surface area contributed by atoms with Gasteiger partial charge in [0, 0.05) is 0 Å². The average molecular weight is 194 g/mol. The van der Waals surface area contributed by atoms with Gasteiger partial charge in [-0.15, -0.1) is 0 Å². The summed E-state index contributed by atoms with van der Waals surface area (Å²) >= 11 is 0. The summed E-state index contributed by atoms with van der Waals surface area (Å²) in [5, 5.41) is 0. The molecule has 0 bridgehead atoms. The molecule has 0 radical (unpaired) electrons. The van der Waals surface area contributed by atoms with Crippen LogP contribution in [0.4, 0.5) is 4.39 Å². The van der Waals surface area contributed by atoms with Crippen LogP contribution in [0.25, 0.3) is 0 Å². The summed E-state index contributed by atoms with van der Waals surface area (Å²) in [5.74, 6) is -1.07. The first-order valence-electron chi connectivity index (χ1n) is 4.62. The molecule has 0 saturated heterocycles. The van der Waals surface area contributed by atoms with Crippen molar-refractivity contribution >= 4 is 5.97 Å². The SMILES string of the molecule is COC(=O)c1cc2c(cc1F)CCC2. The third-order valence-electron chi connectivity index (χ3n) is 2.59. The molecule has 0 aromatic heterocycles. The number of fused-ring (bicyclic) bond motifs is 1. The Morgan fingerprint density at radius 2 is 2.00 bits per heavy atom. The monoisotopic (exact) mass is 194 g/mol. The Labute approximate surface area is 81.7 Å². The van der Waals surface area contributed by atoms with Gasteiger partial charge in [0.25, 0.3) is 0 Å². The quantitative estimate of drug-likeness (QED) is 0.640. The van der Waals surface area contributed by atoms with E-state index in [0.29, 0.717) is 0 Å². The number of hydrogen-bond donors (Lipinski definition) is 0. The number of rotatable bonds is 1. The maximum absolute atomic E-state index is 13.4. The summed E-state index contributed by atoms with van der Waals surface area (Å²) in [6, 6.07) is 3.07. The first kappa shape index (κ1) is 9.19. The molecule has 0 aliphatic heterocycles. The molecular weight excluding hydrogens is 183 g/mol. The van der Waals surface area contributed by atoms with E-state index in [1.54, 1.807) is 6.07 Å². The second kappa shape index (κ2) is 3.40. The minimum absolute atomic E-state index is 0.0492. The van der Waals surface area contributed by atoms with Gasteiger partial charge in [-0.2, -0.15) is 0 Å². The molecule has 74 valence electrons. The molecule has 0 fully saturated rings. The zero-order valence-corrected chi connectivity index (χ0v) is 7.97. The fourth-order valence-corrected chi connectivity index (χ4v) is 1.86. The molecule has 0 amide bonds. The molecule has 0 spiro atoms. The van der Waals surface area contributed by atoms with Crippen molar-refractivity contribution < 1.29 is 13.9 Å². The largest absolute Gasteiger partial charge is 0.465 e. The number of halogens is 1. The number of methoxy groups -OCH3 is 1. The summed E-state index contributed by atoms with van der Waals surface area (Å²) in [6.45, 7) is 0. The van der Waals surface area contributed by atoms with Gasteiger partial charge in [0.15, 0.2) is 0 Å². The van der Waals surface area contributed by atoms with Gasteiger partial charge in [-0.3, -0.25) is 0 Å². The van der Waals surface area contributed by atoms with Gasteiger partial charge in [-0.25, -0.2) is 9.18 Å². The molecule has 0 atom stereocenters. The van der Waals surface area contributed by atoms with Crippen LogP contribution in [-0.2, 0) is 17.6 Å². The topological polar surface area (TPSA) is 26.3 Å². The van der Waals surface area contributed by atoms with Gasteiger partial charge >= 0.3 is 5.97 Å². The van der Waals surface area contributed by atoms with E-state index in [4.69, 9.17) is 0 Å². The standard InChI is InChI=1S/C11H11FO2/c1-14-11(13)9-5-7-3-2-4-8(7)6-10(9)12/h5-6H,2-4H2,1H3. The summed E-state index contributed by atoms with van der Waals surface area (Å²) in [6.07, 6.45) is 2.88. The molecule has 2 nitrogen and oxygen atoms in total. The van der Waals surface area contributed by atoms with E-state index in [2.05, 4.69) is 4.74 Å². The lowest BCUT2D eigenvalue weighted by molar-refractivity contribution is 0.0595. The zero-order chi connectivity index (χ0) is 10.1. The Bertz CT molecular complexity index is 385. The van der Waals surface area contributed by atoms with Crippen LogP contribution in [0.5, 0.6) is 0 Å². The van der Waals surface area contributed by atoms with Crippen molar-refractivity contribution in [3.05, 3.63) is 34.6 Å². The van der Waals surface area contributed by atoms with Gasteiger partial charge < -0.3 is 4.74 Å².